The van der Waals surface area contributed by atoms with E-state index in [-0.39, 0.29) is 19.1 Å². The van der Waals surface area contributed by atoms with Crippen LogP contribution in [0.1, 0.15) is 42.9 Å². The van der Waals surface area contributed by atoms with Gasteiger partial charge in [-0.1, -0.05) is 77.5 Å². The molecule has 2 atom stereocenters. The summed E-state index contributed by atoms with van der Waals surface area (Å²) in [5, 5.41) is 26.9. The Morgan fingerprint density at radius 3 is 2.51 bits per heavy atom. The topological polar surface area (TPSA) is 93.4 Å². The largest absolute Gasteiger partial charge is 0.396 e. The number of carbonyl (C=O) groups excluding carboxylic acids is 2. The number of aliphatic hydroxyl groups excluding tert-OH is 1. The van der Waals surface area contributed by atoms with E-state index in [1.807, 2.05) is 66.7 Å². The number of nitrogens with zero attached hydrogens (tertiary/aromatic N) is 3. The van der Waals surface area contributed by atoms with E-state index in [1.165, 1.54) is 5.01 Å². The van der Waals surface area contributed by atoms with Crippen molar-refractivity contribution in [2.75, 3.05) is 16.5 Å². The highest BCUT2D eigenvalue weighted by Gasteiger charge is 2.52. The minimum Gasteiger partial charge on any atom is -0.396 e. The molecule has 0 unspecified atom stereocenters. The minimum absolute atomic E-state index is 0.00174. The van der Waals surface area contributed by atoms with Crippen LogP contribution < -0.4 is 9.91 Å². The van der Waals surface area contributed by atoms with Gasteiger partial charge in [-0.25, -0.2) is 5.01 Å². The molecule has 0 saturated heterocycles. The van der Waals surface area contributed by atoms with E-state index in [4.69, 9.17) is 5.11 Å². The molecular weight excluding hydrogens is 558 g/mol. The van der Waals surface area contributed by atoms with Gasteiger partial charge in [0.15, 0.2) is 5.60 Å². The van der Waals surface area contributed by atoms with Gasteiger partial charge in [-0.2, -0.15) is 5.10 Å². The maximum absolute atomic E-state index is 13.7. The Balaban J connectivity index is 1.40. The molecule has 0 aliphatic carbocycles. The van der Waals surface area contributed by atoms with Crippen LogP contribution in [0.3, 0.4) is 0 Å². The van der Waals surface area contributed by atoms with Gasteiger partial charge in [0, 0.05) is 35.4 Å². The van der Waals surface area contributed by atoms with Gasteiger partial charge in [-0.3, -0.25) is 9.59 Å². The SMILES string of the molecule is C[C@@H](/C=C/CCO)[C@]1(O)C(=O)N(Cc2ccc(N3N=C(c4ccccc4)CCC3=O)cc2)c2ccc(Br)cc21. The minimum atomic E-state index is -1.73. The smallest absolute Gasteiger partial charge is 0.264 e. The fraction of sp³-hybridized carbons (Fsp3) is 0.258. The number of hydrogen-bond donors (Lipinski definition) is 2. The molecule has 3 aromatic rings. The molecule has 200 valence electrons. The average Bonchev–Trinajstić information content (AvgIpc) is 3.16. The Morgan fingerprint density at radius 2 is 1.79 bits per heavy atom. The third-order valence-corrected chi connectivity index (χ3v) is 7.77. The van der Waals surface area contributed by atoms with E-state index in [9.17, 15) is 14.7 Å². The number of amides is 2. The normalized spacial score (nSPS) is 19.9. The molecular formula is C31H30BrN3O4. The Labute approximate surface area is 236 Å². The van der Waals surface area contributed by atoms with Gasteiger partial charge in [0.1, 0.15) is 0 Å². The molecule has 0 bridgehead atoms. The lowest BCUT2D eigenvalue weighted by atomic mass is 9.83. The third-order valence-electron chi connectivity index (χ3n) is 7.27. The standard InChI is InChI=1S/C31H30BrN3O4/c1-21(7-5-6-18-36)31(39)26-19-24(32)12-16-28(26)34(30(31)38)20-22-10-13-25(14-11-22)35-29(37)17-15-27(33-35)23-8-3-2-4-9-23/h2-5,7-14,16,19,21,36,39H,6,15,17-18,20H2,1H3/b7-5+/t21-,31+/m0/s1. The highest BCUT2D eigenvalue weighted by atomic mass is 79.9. The number of fused-ring (bicyclic) bond motifs is 1. The molecule has 7 nitrogen and oxygen atoms in total. The van der Waals surface area contributed by atoms with Gasteiger partial charge in [-0.05, 0) is 47.9 Å². The van der Waals surface area contributed by atoms with E-state index in [2.05, 4.69) is 21.0 Å². The molecule has 0 radical (unpaired) electrons. The molecule has 2 heterocycles. The molecule has 39 heavy (non-hydrogen) atoms. The maximum atomic E-state index is 13.7. The van der Waals surface area contributed by atoms with Crippen LogP contribution in [0.5, 0.6) is 0 Å². The van der Waals surface area contributed by atoms with Gasteiger partial charge in [-0.15, -0.1) is 0 Å². The predicted octanol–water partition coefficient (Wildman–Crippen LogP) is 5.29. The van der Waals surface area contributed by atoms with Gasteiger partial charge in [0.2, 0.25) is 5.91 Å². The summed E-state index contributed by atoms with van der Waals surface area (Å²) in [5.41, 5.74) is 2.84. The molecule has 5 rings (SSSR count). The first-order valence-electron chi connectivity index (χ1n) is 13.0. The van der Waals surface area contributed by atoms with E-state index in [1.54, 1.807) is 30.0 Å². The second-order valence-electron chi connectivity index (χ2n) is 9.83. The first-order valence-corrected chi connectivity index (χ1v) is 13.8. The van der Waals surface area contributed by atoms with Crippen molar-refractivity contribution in [2.45, 2.75) is 38.3 Å². The van der Waals surface area contributed by atoms with E-state index in [0.717, 1.165) is 21.3 Å². The second kappa shape index (κ2) is 11.3. The van der Waals surface area contributed by atoms with Crippen LogP contribution >= 0.6 is 15.9 Å². The highest BCUT2D eigenvalue weighted by Crippen LogP contribution is 2.46. The fourth-order valence-corrected chi connectivity index (χ4v) is 5.47. The maximum Gasteiger partial charge on any atom is 0.264 e. The Bertz CT molecular complexity index is 1440. The Kier molecular flexibility index (Phi) is 7.79. The lowest BCUT2D eigenvalue weighted by Crippen LogP contribution is -2.44. The second-order valence-corrected chi connectivity index (χ2v) is 10.7. The average molecular weight is 589 g/mol. The summed E-state index contributed by atoms with van der Waals surface area (Å²) < 4.78 is 0.770. The predicted molar refractivity (Wildman–Crippen MR) is 155 cm³/mol. The van der Waals surface area contributed by atoms with Crippen molar-refractivity contribution in [3.8, 4) is 0 Å². The number of rotatable bonds is 8. The zero-order chi connectivity index (χ0) is 27.6. The van der Waals surface area contributed by atoms with Crippen molar-refractivity contribution in [1.29, 1.82) is 0 Å². The summed E-state index contributed by atoms with van der Waals surface area (Å²) in [6, 6.07) is 22.7. The van der Waals surface area contributed by atoms with Crippen LogP contribution in [0.15, 0.2) is 94.5 Å². The van der Waals surface area contributed by atoms with Crippen LogP contribution in [0.4, 0.5) is 11.4 Å². The number of halogens is 1. The van der Waals surface area contributed by atoms with Gasteiger partial charge in [0.25, 0.3) is 5.91 Å². The van der Waals surface area contributed by atoms with Crippen LogP contribution in [-0.2, 0) is 21.7 Å². The lowest BCUT2D eigenvalue weighted by molar-refractivity contribution is -0.139. The molecule has 2 amide bonds. The Hall–Kier alpha value is -3.59. The van der Waals surface area contributed by atoms with Gasteiger partial charge >= 0.3 is 0 Å². The zero-order valence-corrected chi connectivity index (χ0v) is 23.2. The van der Waals surface area contributed by atoms with Crippen molar-refractivity contribution in [3.63, 3.8) is 0 Å². The number of carbonyl (C=O) groups is 2. The van der Waals surface area contributed by atoms with Crippen LogP contribution in [0.25, 0.3) is 0 Å². The van der Waals surface area contributed by atoms with Crippen LogP contribution in [0, 0.1) is 5.92 Å². The third kappa shape index (κ3) is 5.20. The molecule has 0 aromatic heterocycles. The summed E-state index contributed by atoms with van der Waals surface area (Å²) in [5.74, 6) is -0.965. The summed E-state index contributed by atoms with van der Waals surface area (Å²) in [6.07, 6.45) is 4.99. The molecule has 0 spiro atoms. The molecule has 0 fully saturated rings. The van der Waals surface area contributed by atoms with Crippen LogP contribution in [0.2, 0.25) is 0 Å². The molecule has 3 aromatic carbocycles. The van der Waals surface area contributed by atoms with E-state index in [0.29, 0.717) is 36.2 Å². The van der Waals surface area contributed by atoms with Gasteiger partial charge < -0.3 is 15.1 Å². The van der Waals surface area contributed by atoms with Gasteiger partial charge in [0.05, 0.1) is 23.6 Å². The monoisotopic (exact) mass is 587 g/mol. The van der Waals surface area contributed by atoms with Crippen molar-refractivity contribution in [3.05, 3.63) is 106 Å². The lowest BCUT2D eigenvalue weighted by Gasteiger charge is -2.28. The number of anilines is 2. The number of benzene rings is 3. The van der Waals surface area contributed by atoms with E-state index >= 15 is 0 Å². The van der Waals surface area contributed by atoms with Crippen molar-refractivity contribution < 1.29 is 19.8 Å². The van der Waals surface area contributed by atoms with Crippen molar-refractivity contribution in [1.82, 2.24) is 0 Å². The number of hydrogen-bond acceptors (Lipinski definition) is 5. The molecule has 2 aliphatic rings. The molecule has 2 N–H and O–H groups in total. The summed E-state index contributed by atoms with van der Waals surface area (Å²) >= 11 is 3.47. The fourth-order valence-electron chi connectivity index (χ4n) is 5.11. The highest BCUT2D eigenvalue weighted by molar-refractivity contribution is 9.10. The Morgan fingerprint density at radius 1 is 1.05 bits per heavy atom. The number of hydrazone groups is 1. The summed E-state index contributed by atoms with van der Waals surface area (Å²) in [6.45, 7) is 2.06. The van der Waals surface area contributed by atoms with E-state index < -0.39 is 17.4 Å². The number of aliphatic hydroxyl groups is 2. The summed E-state index contributed by atoms with van der Waals surface area (Å²) in [4.78, 5) is 28.0. The first-order chi connectivity index (χ1) is 18.8. The van der Waals surface area contributed by atoms with Crippen molar-refractivity contribution in [2.24, 2.45) is 11.0 Å². The molecule has 0 saturated carbocycles. The van der Waals surface area contributed by atoms with Crippen LogP contribution in [-0.4, -0.2) is 34.3 Å². The quantitative estimate of drug-likeness (QED) is 0.350. The first kappa shape index (κ1) is 27.0. The molecule has 8 heteroatoms. The molecule has 2 aliphatic heterocycles. The van der Waals surface area contributed by atoms with Crippen molar-refractivity contribution >= 4 is 44.8 Å². The zero-order valence-electron chi connectivity index (χ0n) is 21.6. The summed E-state index contributed by atoms with van der Waals surface area (Å²) in [7, 11) is 0.